The molecule has 100 valence electrons. The van der Waals surface area contributed by atoms with Crippen LogP contribution >= 0.6 is 27.5 Å². The molecule has 19 heavy (non-hydrogen) atoms. The smallest absolute Gasteiger partial charge is 0.119 e. The molecule has 1 unspecified atom stereocenters. The molecule has 0 N–H and O–H groups in total. The Morgan fingerprint density at radius 3 is 2.63 bits per heavy atom. The van der Waals surface area contributed by atoms with Gasteiger partial charge in [0.25, 0.3) is 0 Å². The minimum Gasteiger partial charge on any atom is -0.497 e. The van der Waals surface area contributed by atoms with Crippen LogP contribution in [-0.4, -0.2) is 13.0 Å². The van der Waals surface area contributed by atoms with Crippen molar-refractivity contribution in [2.24, 2.45) is 0 Å². The third kappa shape index (κ3) is 3.74. The van der Waals surface area contributed by atoms with Crippen LogP contribution in [0.1, 0.15) is 17.0 Å². The lowest BCUT2D eigenvalue weighted by Gasteiger charge is -2.16. The van der Waals surface area contributed by atoms with E-state index >= 15 is 0 Å². The third-order valence-corrected chi connectivity index (χ3v) is 4.24. The van der Waals surface area contributed by atoms with Crippen LogP contribution in [0.15, 0.2) is 53.0 Å². The molecule has 0 fully saturated rings. The van der Waals surface area contributed by atoms with Crippen LogP contribution in [0, 0.1) is 0 Å². The lowest BCUT2D eigenvalue weighted by molar-refractivity contribution is 0.414. The summed E-state index contributed by atoms with van der Waals surface area (Å²) in [5.74, 6) is 1.78. The summed E-state index contributed by atoms with van der Waals surface area (Å²) >= 11 is 9.74. The van der Waals surface area contributed by atoms with Gasteiger partial charge in [-0.2, -0.15) is 0 Å². The van der Waals surface area contributed by atoms with Gasteiger partial charge in [-0.1, -0.05) is 46.3 Å². The first-order chi connectivity index (χ1) is 9.24. The molecule has 0 bridgehead atoms. The fourth-order valence-electron chi connectivity index (χ4n) is 2.14. The highest BCUT2D eigenvalue weighted by Crippen LogP contribution is 2.29. The van der Waals surface area contributed by atoms with Crippen molar-refractivity contribution in [1.82, 2.24) is 0 Å². The topological polar surface area (TPSA) is 9.23 Å². The van der Waals surface area contributed by atoms with Gasteiger partial charge in [-0.3, -0.25) is 0 Å². The fourth-order valence-corrected chi connectivity index (χ4v) is 3.02. The van der Waals surface area contributed by atoms with E-state index in [9.17, 15) is 0 Å². The Hall–Kier alpha value is -0.990. The largest absolute Gasteiger partial charge is 0.497 e. The second-order valence-corrected chi connectivity index (χ2v) is 5.59. The summed E-state index contributed by atoms with van der Waals surface area (Å²) in [7, 11) is 1.69. The van der Waals surface area contributed by atoms with Crippen LogP contribution in [-0.2, 0) is 6.42 Å². The Kier molecular flexibility index (Phi) is 5.29. The Morgan fingerprint density at radius 1 is 1.16 bits per heavy atom. The minimum atomic E-state index is 0.296. The predicted octanol–water partition coefficient (Wildman–Crippen LogP) is 5.02. The monoisotopic (exact) mass is 338 g/mol. The summed E-state index contributed by atoms with van der Waals surface area (Å²) in [6, 6.07) is 16.4. The van der Waals surface area contributed by atoms with Crippen molar-refractivity contribution in [3.63, 3.8) is 0 Å². The molecule has 0 amide bonds. The summed E-state index contributed by atoms with van der Waals surface area (Å²) in [6.45, 7) is 0. The molecule has 2 aromatic carbocycles. The second-order valence-electron chi connectivity index (χ2n) is 4.43. The predicted molar refractivity (Wildman–Crippen MR) is 84.3 cm³/mol. The SMILES string of the molecule is COc1cccc(CC(CCl)c2ccccc2Br)c1. The number of ether oxygens (including phenoxy) is 1. The first kappa shape index (κ1) is 14.4. The van der Waals surface area contributed by atoms with E-state index in [2.05, 4.69) is 40.2 Å². The van der Waals surface area contributed by atoms with E-state index < -0.39 is 0 Å². The Morgan fingerprint density at radius 2 is 1.95 bits per heavy atom. The number of methoxy groups -OCH3 is 1. The van der Waals surface area contributed by atoms with E-state index in [0.29, 0.717) is 11.8 Å². The van der Waals surface area contributed by atoms with Gasteiger partial charge in [0.05, 0.1) is 7.11 Å². The van der Waals surface area contributed by atoms with Gasteiger partial charge in [0.15, 0.2) is 0 Å². The molecular weight excluding hydrogens is 324 g/mol. The van der Waals surface area contributed by atoms with Gasteiger partial charge in [-0.15, -0.1) is 11.6 Å². The number of hydrogen-bond donors (Lipinski definition) is 0. The van der Waals surface area contributed by atoms with Crippen LogP contribution in [0.5, 0.6) is 5.75 Å². The van der Waals surface area contributed by atoms with Crippen molar-refractivity contribution >= 4 is 27.5 Å². The number of halogens is 2. The number of alkyl halides is 1. The van der Waals surface area contributed by atoms with Crippen molar-refractivity contribution < 1.29 is 4.74 Å². The Labute approximate surface area is 127 Å². The summed E-state index contributed by atoms with van der Waals surface area (Å²) in [5, 5.41) is 0. The van der Waals surface area contributed by atoms with Crippen LogP contribution in [0.25, 0.3) is 0 Å². The van der Waals surface area contributed by atoms with Gasteiger partial charge in [-0.05, 0) is 35.7 Å². The highest BCUT2D eigenvalue weighted by molar-refractivity contribution is 9.10. The fraction of sp³-hybridized carbons (Fsp3) is 0.250. The Balaban J connectivity index is 2.21. The van der Waals surface area contributed by atoms with E-state index in [4.69, 9.17) is 16.3 Å². The van der Waals surface area contributed by atoms with Crippen LogP contribution in [0.3, 0.4) is 0 Å². The molecule has 2 rings (SSSR count). The van der Waals surface area contributed by atoms with E-state index in [1.54, 1.807) is 7.11 Å². The lowest BCUT2D eigenvalue weighted by atomic mass is 9.93. The molecule has 3 heteroatoms. The molecule has 0 aromatic heterocycles. The van der Waals surface area contributed by atoms with Crippen LogP contribution in [0.4, 0.5) is 0 Å². The third-order valence-electron chi connectivity index (χ3n) is 3.15. The van der Waals surface area contributed by atoms with E-state index in [0.717, 1.165) is 16.6 Å². The zero-order valence-corrected chi connectivity index (χ0v) is 13.1. The minimum absolute atomic E-state index is 0.296. The number of rotatable bonds is 5. The van der Waals surface area contributed by atoms with Gasteiger partial charge < -0.3 is 4.74 Å². The summed E-state index contributed by atoms with van der Waals surface area (Å²) in [4.78, 5) is 0. The molecule has 1 atom stereocenters. The van der Waals surface area contributed by atoms with Crippen molar-refractivity contribution in [2.45, 2.75) is 12.3 Å². The molecule has 0 aliphatic rings. The van der Waals surface area contributed by atoms with Gasteiger partial charge in [0.1, 0.15) is 5.75 Å². The molecule has 0 aliphatic carbocycles. The van der Waals surface area contributed by atoms with Gasteiger partial charge in [0, 0.05) is 16.3 Å². The molecule has 0 heterocycles. The molecule has 0 aliphatic heterocycles. The summed E-state index contributed by atoms with van der Waals surface area (Å²) in [5.41, 5.74) is 2.49. The quantitative estimate of drug-likeness (QED) is 0.695. The van der Waals surface area contributed by atoms with E-state index in [1.807, 2.05) is 24.3 Å². The summed E-state index contributed by atoms with van der Waals surface area (Å²) < 4.78 is 6.37. The zero-order valence-electron chi connectivity index (χ0n) is 10.8. The van der Waals surface area contributed by atoms with Crippen molar-refractivity contribution in [3.8, 4) is 5.75 Å². The maximum absolute atomic E-state index is 6.15. The molecular formula is C16H16BrClO. The zero-order chi connectivity index (χ0) is 13.7. The standard InChI is InChI=1S/C16H16BrClO/c1-19-14-6-4-5-12(10-14)9-13(11-18)15-7-2-3-8-16(15)17/h2-8,10,13H,9,11H2,1H3. The van der Waals surface area contributed by atoms with Crippen molar-refractivity contribution in [3.05, 3.63) is 64.1 Å². The number of benzene rings is 2. The molecule has 1 nitrogen and oxygen atoms in total. The molecule has 0 spiro atoms. The normalized spacial score (nSPS) is 12.2. The van der Waals surface area contributed by atoms with Gasteiger partial charge in [0.2, 0.25) is 0 Å². The molecule has 0 radical (unpaired) electrons. The van der Waals surface area contributed by atoms with Crippen molar-refractivity contribution in [1.29, 1.82) is 0 Å². The first-order valence-electron chi connectivity index (χ1n) is 6.18. The summed E-state index contributed by atoms with van der Waals surface area (Å²) in [6.07, 6.45) is 0.906. The maximum atomic E-state index is 6.15. The molecule has 0 saturated carbocycles. The van der Waals surface area contributed by atoms with E-state index in [1.165, 1.54) is 11.1 Å². The Bertz CT molecular complexity index is 542. The number of hydrogen-bond acceptors (Lipinski definition) is 1. The highest BCUT2D eigenvalue weighted by Gasteiger charge is 2.14. The maximum Gasteiger partial charge on any atom is 0.119 e. The molecule has 0 saturated heterocycles. The average molecular weight is 340 g/mol. The van der Waals surface area contributed by atoms with Crippen molar-refractivity contribution in [2.75, 3.05) is 13.0 Å². The van der Waals surface area contributed by atoms with Crippen LogP contribution in [0.2, 0.25) is 0 Å². The van der Waals surface area contributed by atoms with Gasteiger partial charge in [-0.25, -0.2) is 0 Å². The average Bonchev–Trinajstić information content (AvgIpc) is 2.46. The molecule has 2 aromatic rings. The van der Waals surface area contributed by atoms with Crippen LogP contribution < -0.4 is 4.74 Å². The first-order valence-corrected chi connectivity index (χ1v) is 7.50. The lowest BCUT2D eigenvalue weighted by Crippen LogP contribution is -2.05. The second kappa shape index (κ2) is 6.97. The van der Waals surface area contributed by atoms with Gasteiger partial charge >= 0.3 is 0 Å². The highest BCUT2D eigenvalue weighted by atomic mass is 79.9. The van der Waals surface area contributed by atoms with E-state index in [-0.39, 0.29) is 0 Å².